The van der Waals surface area contributed by atoms with Crippen molar-refractivity contribution in [3.8, 4) is 17.3 Å². The molecule has 6 heterocycles. The Morgan fingerprint density at radius 3 is 2.57 bits per heavy atom. The van der Waals surface area contributed by atoms with Crippen LogP contribution in [-0.2, 0) is 30.6 Å². The number of aromatic nitrogens is 6. The second-order valence-electron chi connectivity index (χ2n) is 11.4. The molecule has 0 amide bonds. The highest BCUT2D eigenvalue weighted by molar-refractivity contribution is 6.30. The van der Waals surface area contributed by atoms with Gasteiger partial charge in [-0.05, 0) is 56.6 Å². The second-order valence-corrected chi connectivity index (χ2v) is 11.8. The average molecular weight is 658 g/mol. The Morgan fingerprint density at radius 2 is 1.85 bits per heavy atom. The van der Waals surface area contributed by atoms with Crippen molar-refractivity contribution in [2.24, 2.45) is 0 Å². The van der Waals surface area contributed by atoms with Gasteiger partial charge in [-0.2, -0.15) is 18.2 Å². The zero-order valence-corrected chi connectivity index (χ0v) is 25.1. The van der Waals surface area contributed by atoms with E-state index >= 15 is 0 Å². The summed E-state index contributed by atoms with van der Waals surface area (Å²) in [4.78, 5) is 19.9. The highest BCUT2D eigenvalue weighted by Gasteiger charge is 2.38. The molecule has 4 aromatic heterocycles. The van der Waals surface area contributed by atoms with E-state index in [4.69, 9.17) is 31.0 Å². The Bertz CT molecular complexity index is 1850. The summed E-state index contributed by atoms with van der Waals surface area (Å²) in [6, 6.07) is 11.7. The van der Waals surface area contributed by atoms with Crippen LogP contribution in [0.5, 0.6) is 5.88 Å². The van der Waals surface area contributed by atoms with Gasteiger partial charge in [-0.3, -0.25) is 4.90 Å². The summed E-state index contributed by atoms with van der Waals surface area (Å²) in [7, 11) is 0. The summed E-state index contributed by atoms with van der Waals surface area (Å²) < 4.78 is 71.0. The maximum absolute atomic E-state index is 14.2. The molecule has 0 saturated carbocycles. The first kappa shape index (κ1) is 30.5. The van der Waals surface area contributed by atoms with Gasteiger partial charge in [-0.25, -0.2) is 19.3 Å². The van der Waals surface area contributed by atoms with Crippen LogP contribution in [0.2, 0.25) is 5.02 Å². The number of hydrogen-bond donors (Lipinski definition) is 0. The van der Waals surface area contributed by atoms with Crippen molar-refractivity contribution in [3.63, 3.8) is 0 Å². The van der Waals surface area contributed by atoms with E-state index in [1.807, 2.05) is 16.7 Å². The average Bonchev–Trinajstić information content (AvgIpc) is 3.64. The number of nitrogens with zero attached hydrogens (tertiary/aromatic N) is 7. The second kappa shape index (κ2) is 12.6. The van der Waals surface area contributed by atoms with Gasteiger partial charge in [0.25, 0.3) is 0 Å². The van der Waals surface area contributed by atoms with Gasteiger partial charge >= 0.3 is 12.1 Å². The summed E-state index contributed by atoms with van der Waals surface area (Å²) >= 11 is 5.84. The topological polar surface area (TPSA) is 104 Å². The molecule has 1 atom stereocenters. The van der Waals surface area contributed by atoms with Crippen molar-refractivity contribution in [1.82, 2.24) is 34.6 Å². The molecule has 240 valence electrons. The van der Waals surface area contributed by atoms with E-state index in [0.717, 1.165) is 43.9 Å². The van der Waals surface area contributed by atoms with Crippen LogP contribution in [0.3, 0.4) is 0 Å². The minimum absolute atomic E-state index is 0.0465. The van der Waals surface area contributed by atoms with Gasteiger partial charge in [-0.1, -0.05) is 28.9 Å². The minimum Gasteiger partial charge on any atom is -0.473 e. The maximum atomic E-state index is 14.2. The third-order valence-electron chi connectivity index (χ3n) is 8.28. The van der Waals surface area contributed by atoms with Crippen LogP contribution in [-0.4, -0.2) is 60.4 Å². The molecule has 0 radical (unpaired) electrons. The predicted octanol–water partition coefficient (Wildman–Crippen LogP) is 6.44. The van der Waals surface area contributed by atoms with Crippen LogP contribution in [0, 0.1) is 5.82 Å². The lowest BCUT2D eigenvalue weighted by atomic mass is 9.93. The third-order valence-corrected chi connectivity index (χ3v) is 8.51. The Balaban J connectivity index is 1.03. The lowest BCUT2D eigenvalue weighted by molar-refractivity contribution is -0.159. The summed E-state index contributed by atoms with van der Waals surface area (Å²) in [6.07, 6.45) is -0.591. The molecule has 15 heteroatoms. The van der Waals surface area contributed by atoms with Crippen LogP contribution in [0.1, 0.15) is 48.2 Å². The highest BCUT2D eigenvalue weighted by atomic mass is 35.5. The summed E-state index contributed by atoms with van der Waals surface area (Å²) in [6.45, 7) is 3.50. The number of piperidine rings is 1. The van der Waals surface area contributed by atoms with E-state index in [9.17, 15) is 17.6 Å². The molecule has 46 heavy (non-hydrogen) atoms. The van der Waals surface area contributed by atoms with E-state index in [1.54, 1.807) is 24.3 Å². The number of alkyl halides is 3. The van der Waals surface area contributed by atoms with E-state index in [2.05, 4.69) is 24.5 Å². The third kappa shape index (κ3) is 6.55. The minimum atomic E-state index is -4.74. The standard InChI is InChI=1S/C31H28ClF4N7O3/c32-21-5-4-19(23(33)13-21)17-45-27-3-1-2-24(39-27)18-6-9-42(10-7-18)16-26-38-25-12-20(28-40-30(46-41-28)31(34,35)36)14-37-29(25)43(26)15-22-8-11-44-22/h1-5,12-14,18,22H,6-11,15-17H2. The Hall–Kier alpha value is -4.14. The molecule has 0 N–H and O–H groups in total. The quantitative estimate of drug-likeness (QED) is 0.166. The van der Waals surface area contributed by atoms with E-state index in [0.29, 0.717) is 47.3 Å². The van der Waals surface area contributed by atoms with Crippen molar-refractivity contribution < 1.29 is 31.6 Å². The normalized spacial score (nSPS) is 17.8. The maximum Gasteiger partial charge on any atom is 0.471 e. The van der Waals surface area contributed by atoms with E-state index in [1.165, 1.54) is 12.3 Å². The van der Waals surface area contributed by atoms with Gasteiger partial charge in [0.2, 0.25) is 11.7 Å². The number of imidazole rings is 1. The Kier molecular flexibility index (Phi) is 8.34. The number of benzene rings is 1. The number of fused-ring (bicyclic) bond motifs is 1. The van der Waals surface area contributed by atoms with Crippen LogP contribution in [0.4, 0.5) is 17.6 Å². The molecule has 0 bridgehead atoms. The van der Waals surface area contributed by atoms with Crippen LogP contribution in [0.15, 0.2) is 53.2 Å². The molecule has 1 unspecified atom stereocenters. The fourth-order valence-electron chi connectivity index (χ4n) is 5.70. The molecule has 7 rings (SSSR count). The zero-order chi connectivity index (χ0) is 31.8. The van der Waals surface area contributed by atoms with Crippen molar-refractivity contribution in [1.29, 1.82) is 0 Å². The van der Waals surface area contributed by atoms with Gasteiger partial charge < -0.3 is 18.6 Å². The first-order chi connectivity index (χ1) is 22.2. The molecule has 2 aliphatic rings. The number of ether oxygens (including phenoxy) is 2. The monoisotopic (exact) mass is 657 g/mol. The molecular weight excluding hydrogens is 630 g/mol. The molecule has 0 aliphatic carbocycles. The van der Waals surface area contributed by atoms with E-state index in [-0.39, 0.29) is 30.0 Å². The van der Waals surface area contributed by atoms with Gasteiger partial charge in [0.05, 0.1) is 19.2 Å². The smallest absolute Gasteiger partial charge is 0.471 e. The van der Waals surface area contributed by atoms with Gasteiger partial charge in [0, 0.05) is 46.6 Å². The molecule has 5 aromatic rings. The molecule has 2 saturated heterocycles. The van der Waals surface area contributed by atoms with Gasteiger partial charge in [0.15, 0.2) is 5.65 Å². The number of likely N-dealkylation sites (tertiary alicyclic amines) is 1. The lowest BCUT2D eigenvalue weighted by Crippen LogP contribution is -2.35. The van der Waals surface area contributed by atoms with Crippen LogP contribution >= 0.6 is 11.6 Å². The lowest BCUT2D eigenvalue weighted by Gasteiger charge is -2.32. The number of hydrogen-bond acceptors (Lipinski definition) is 9. The fraction of sp³-hybridized carbons (Fsp3) is 0.387. The van der Waals surface area contributed by atoms with E-state index < -0.39 is 17.9 Å². The van der Waals surface area contributed by atoms with Crippen molar-refractivity contribution in [3.05, 3.63) is 82.5 Å². The molecule has 10 nitrogen and oxygen atoms in total. The number of pyridine rings is 2. The number of rotatable bonds is 9. The fourth-order valence-corrected chi connectivity index (χ4v) is 5.86. The largest absolute Gasteiger partial charge is 0.473 e. The Morgan fingerprint density at radius 1 is 1.02 bits per heavy atom. The van der Waals surface area contributed by atoms with Gasteiger partial charge in [-0.15, -0.1) is 0 Å². The molecule has 1 aromatic carbocycles. The molecule has 2 aliphatic heterocycles. The van der Waals surface area contributed by atoms with Crippen molar-refractivity contribution in [2.75, 3.05) is 19.7 Å². The molecule has 0 spiro atoms. The van der Waals surface area contributed by atoms with Crippen LogP contribution in [0.25, 0.3) is 22.6 Å². The van der Waals surface area contributed by atoms with Crippen molar-refractivity contribution >= 4 is 22.8 Å². The predicted molar refractivity (Wildman–Crippen MR) is 157 cm³/mol. The molecular formula is C31H28ClF4N7O3. The van der Waals surface area contributed by atoms with Crippen LogP contribution < -0.4 is 4.74 Å². The zero-order valence-electron chi connectivity index (χ0n) is 24.4. The van der Waals surface area contributed by atoms with Crippen molar-refractivity contribution in [2.45, 2.75) is 57.2 Å². The first-order valence-corrected chi connectivity index (χ1v) is 15.2. The summed E-state index contributed by atoms with van der Waals surface area (Å²) in [5.41, 5.74) is 2.75. The Labute approximate surface area is 265 Å². The first-order valence-electron chi connectivity index (χ1n) is 14.8. The SMILES string of the molecule is Fc1cc(Cl)ccc1COc1cccc(C2CCN(Cc3nc4cc(-c5noc(C(F)(F)F)n5)cnc4n3CC3CCO3)CC2)n1. The summed E-state index contributed by atoms with van der Waals surface area (Å²) in [5.74, 6) is -0.587. The molecule has 2 fully saturated rings. The highest BCUT2D eigenvalue weighted by Crippen LogP contribution is 2.32. The summed E-state index contributed by atoms with van der Waals surface area (Å²) in [5, 5.41) is 3.81. The number of halogens is 5. The van der Waals surface area contributed by atoms with Gasteiger partial charge in [0.1, 0.15) is 23.8 Å².